The van der Waals surface area contributed by atoms with Crippen molar-refractivity contribution < 1.29 is 32.6 Å². The Morgan fingerprint density at radius 1 is 1.30 bits per heavy atom. The maximum absolute atomic E-state index is 12.4. The van der Waals surface area contributed by atoms with E-state index in [1.54, 1.807) is 0 Å². The Hall–Kier alpha value is -2.25. The Balaban J connectivity index is 2.45. The van der Waals surface area contributed by atoms with Crippen LogP contribution in [0.15, 0.2) is 24.3 Å². The van der Waals surface area contributed by atoms with Crippen LogP contribution in [0, 0.1) is 0 Å². The summed E-state index contributed by atoms with van der Waals surface area (Å²) in [5.41, 5.74) is -0.874. The molecule has 5 nitrogen and oxygen atoms in total. The van der Waals surface area contributed by atoms with Gasteiger partial charge in [-0.1, -0.05) is 6.07 Å². The zero-order chi connectivity index (χ0) is 15.2. The molecular weight excluding hydrogens is 279 g/mol. The highest BCUT2D eigenvalue weighted by molar-refractivity contribution is 5.78. The molecule has 0 unspecified atom stereocenters. The summed E-state index contributed by atoms with van der Waals surface area (Å²) in [4.78, 5) is 21.4. The number of hydrogen-bond donors (Lipinski definition) is 2. The molecule has 0 aliphatic carbocycles. The van der Waals surface area contributed by atoms with Crippen molar-refractivity contribution in [2.24, 2.45) is 0 Å². The van der Waals surface area contributed by atoms with E-state index in [2.05, 4.69) is 5.32 Å². The van der Waals surface area contributed by atoms with E-state index in [1.165, 1.54) is 12.1 Å². The molecule has 1 aromatic carbocycles. The minimum absolute atomic E-state index is 0.0693. The minimum Gasteiger partial charge on any atom is -0.484 e. The summed E-state index contributed by atoms with van der Waals surface area (Å²) in [7, 11) is 0. The molecule has 20 heavy (non-hydrogen) atoms. The third-order valence-corrected chi connectivity index (χ3v) is 2.19. The van der Waals surface area contributed by atoms with Gasteiger partial charge in [-0.05, 0) is 18.2 Å². The Morgan fingerprint density at radius 2 is 2.00 bits per heavy atom. The lowest BCUT2D eigenvalue weighted by Gasteiger charge is -2.10. The third kappa shape index (κ3) is 5.59. The second kappa shape index (κ2) is 6.78. The van der Waals surface area contributed by atoms with Gasteiger partial charge in [0.1, 0.15) is 5.75 Å². The van der Waals surface area contributed by atoms with Crippen molar-refractivity contribution in [1.29, 1.82) is 0 Å². The number of halogens is 3. The highest BCUT2D eigenvalue weighted by atomic mass is 19.4. The van der Waals surface area contributed by atoms with E-state index in [1.807, 2.05) is 0 Å². The van der Waals surface area contributed by atoms with Crippen LogP contribution in [0.2, 0.25) is 0 Å². The van der Waals surface area contributed by atoms with Crippen LogP contribution < -0.4 is 10.1 Å². The van der Waals surface area contributed by atoms with E-state index in [0.29, 0.717) is 0 Å². The number of carboxylic acid groups (broad SMARTS) is 1. The zero-order valence-electron chi connectivity index (χ0n) is 10.2. The van der Waals surface area contributed by atoms with E-state index in [0.717, 1.165) is 12.1 Å². The number of ether oxygens (including phenoxy) is 1. The van der Waals surface area contributed by atoms with Gasteiger partial charge >= 0.3 is 12.1 Å². The Morgan fingerprint density at radius 3 is 2.60 bits per heavy atom. The summed E-state index contributed by atoms with van der Waals surface area (Å²) < 4.78 is 42.2. The van der Waals surface area contributed by atoms with Crippen LogP contribution in [0.5, 0.6) is 5.75 Å². The van der Waals surface area contributed by atoms with Gasteiger partial charge in [-0.2, -0.15) is 13.2 Å². The number of hydrogen-bond acceptors (Lipinski definition) is 3. The van der Waals surface area contributed by atoms with Crippen molar-refractivity contribution in [1.82, 2.24) is 5.32 Å². The average molecular weight is 291 g/mol. The number of rotatable bonds is 6. The predicted octanol–water partition coefficient (Wildman–Crippen LogP) is 1.68. The maximum atomic E-state index is 12.4. The van der Waals surface area contributed by atoms with Crippen molar-refractivity contribution in [3.05, 3.63) is 29.8 Å². The molecular formula is C12H12F3NO4. The topological polar surface area (TPSA) is 75.6 Å². The summed E-state index contributed by atoms with van der Waals surface area (Å²) in [6, 6.07) is 4.13. The Kier molecular flexibility index (Phi) is 5.36. The van der Waals surface area contributed by atoms with E-state index >= 15 is 0 Å². The summed E-state index contributed by atoms with van der Waals surface area (Å²) in [6.07, 6.45) is -4.72. The molecule has 110 valence electrons. The van der Waals surface area contributed by atoms with Crippen molar-refractivity contribution >= 4 is 11.9 Å². The van der Waals surface area contributed by atoms with Crippen LogP contribution >= 0.6 is 0 Å². The largest absolute Gasteiger partial charge is 0.484 e. The van der Waals surface area contributed by atoms with Gasteiger partial charge in [-0.3, -0.25) is 9.59 Å². The van der Waals surface area contributed by atoms with Gasteiger partial charge < -0.3 is 15.2 Å². The number of alkyl halides is 3. The first-order valence-electron chi connectivity index (χ1n) is 5.57. The van der Waals surface area contributed by atoms with Gasteiger partial charge in [-0.15, -0.1) is 0 Å². The Bertz CT molecular complexity index is 488. The molecule has 0 saturated carbocycles. The number of carboxylic acids is 1. The molecule has 0 atom stereocenters. The average Bonchev–Trinajstić information content (AvgIpc) is 2.35. The number of aliphatic carboxylic acids is 1. The fourth-order valence-electron chi connectivity index (χ4n) is 1.27. The maximum Gasteiger partial charge on any atom is 0.416 e. The number of carbonyl (C=O) groups excluding carboxylic acids is 1. The molecule has 2 N–H and O–H groups in total. The highest BCUT2D eigenvalue weighted by Gasteiger charge is 2.30. The Labute approximate surface area is 112 Å². The summed E-state index contributed by atoms with van der Waals surface area (Å²) in [5.74, 6) is -1.76. The number of benzene rings is 1. The van der Waals surface area contributed by atoms with Crippen molar-refractivity contribution in [3.8, 4) is 5.75 Å². The smallest absolute Gasteiger partial charge is 0.416 e. The van der Waals surface area contributed by atoms with E-state index in [9.17, 15) is 22.8 Å². The van der Waals surface area contributed by atoms with Crippen LogP contribution in [0.1, 0.15) is 12.0 Å². The van der Waals surface area contributed by atoms with Crippen molar-refractivity contribution in [3.63, 3.8) is 0 Å². The van der Waals surface area contributed by atoms with E-state index in [-0.39, 0.29) is 18.7 Å². The quantitative estimate of drug-likeness (QED) is 0.836. The molecule has 1 rings (SSSR count). The fraction of sp³-hybridized carbons (Fsp3) is 0.333. The van der Waals surface area contributed by atoms with Crippen LogP contribution in [0.3, 0.4) is 0 Å². The monoisotopic (exact) mass is 291 g/mol. The molecule has 0 saturated heterocycles. The second-order valence-electron chi connectivity index (χ2n) is 3.81. The molecule has 1 amide bonds. The first-order chi connectivity index (χ1) is 9.29. The number of carbonyl (C=O) groups is 2. The first kappa shape index (κ1) is 15.8. The molecule has 0 heterocycles. The summed E-state index contributed by atoms with van der Waals surface area (Å²) >= 11 is 0. The van der Waals surface area contributed by atoms with Crippen LogP contribution in [-0.4, -0.2) is 30.1 Å². The molecule has 0 radical (unpaired) electrons. The highest BCUT2D eigenvalue weighted by Crippen LogP contribution is 2.31. The second-order valence-corrected chi connectivity index (χ2v) is 3.81. The molecule has 0 spiro atoms. The normalized spacial score (nSPS) is 10.9. The predicted molar refractivity (Wildman–Crippen MR) is 62.2 cm³/mol. The fourth-order valence-corrected chi connectivity index (χ4v) is 1.27. The van der Waals surface area contributed by atoms with Gasteiger partial charge in [0.25, 0.3) is 5.91 Å². The lowest BCUT2D eigenvalue weighted by atomic mass is 10.2. The van der Waals surface area contributed by atoms with E-state index in [4.69, 9.17) is 9.84 Å². The van der Waals surface area contributed by atoms with Gasteiger partial charge in [0, 0.05) is 6.54 Å². The number of nitrogens with one attached hydrogen (secondary N) is 1. The first-order valence-corrected chi connectivity index (χ1v) is 5.57. The third-order valence-electron chi connectivity index (χ3n) is 2.19. The van der Waals surface area contributed by atoms with Crippen molar-refractivity contribution in [2.45, 2.75) is 12.6 Å². The van der Waals surface area contributed by atoms with Gasteiger partial charge in [-0.25, -0.2) is 0 Å². The lowest BCUT2D eigenvalue weighted by molar-refractivity contribution is -0.138. The van der Waals surface area contributed by atoms with Crippen LogP contribution in [0.4, 0.5) is 13.2 Å². The van der Waals surface area contributed by atoms with Gasteiger partial charge in [0.15, 0.2) is 6.61 Å². The van der Waals surface area contributed by atoms with E-state index < -0.39 is 30.2 Å². The van der Waals surface area contributed by atoms with Gasteiger partial charge in [0.05, 0.1) is 12.0 Å². The molecule has 0 bridgehead atoms. The number of amides is 1. The molecule has 0 aliphatic heterocycles. The molecule has 1 aromatic rings. The summed E-state index contributed by atoms with van der Waals surface area (Å²) in [6.45, 7) is -0.555. The molecule has 0 aliphatic rings. The summed E-state index contributed by atoms with van der Waals surface area (Å²) in [5, 5.41) is 10.6. The minimum atomic E-state index is -4.48. The van der Waals surface area contributed by atoms with Gasteiger partial charge in [0.2, 0.25) is 0 Å². The van der Waals surface area contributed by atoms with Crippen molar-refractivity contribution in [2.75, 3.05) is 13.2 Å². The zero-order valence-corrected chi connectivity index (χ0v) is 10.2. The van der Waals surface area contributed by atoms with Crippen LogP contribution in [0.25, 0.3) is 0 Å². The molecule has 0 aromatic heterocycles. The SMILES string of the molecule is O=C(O)CCNC(=O)COc1cccc(C(F)(F)F)c1. The molecule has 8 heteroatoms. The standard InChI is InChI=1S/C12H12F3NO4/c13-12(14,15)8-2-1-3-9(6-8)20-7-10(17)16-5-4-11(18)19/h1-3,6H,4-5,7H2,(H,16,17)(H,18,19). The molecule has 0 fully saturated rings. The van der Waals surface area contributed by atoms with Crippen LogP contribution in [-0.2, 0) is 15.8 Å². The lowest BCUT2D eigenvalue weighted by Crippen LogP contribution is -2.30.